The maximum Gasteiger partial charge on any atom is 0.0526 e. The molecule has 13 heavy (non-hydrogen) atoms. The van der Waals surface area contributed by atoms with E-state index in [4.69, 9.17) is 0 Å². The quantitative estimate of drug-likeness (QED) is 0.613. The van der Waals surface area contributed by atoms with Crippen LogP contribution < -0.4 is 0 Å². The number of hydrogen-bond acceptors (Lipinski definition) is 2. The van der Waals surface area contributed by atoms with Crippen LogP contribution in [0.4, 0.5) is 0 Å². The summed E-state index contributed by atoms with van der Waals surface area (Å²) in [5, 5.41) is 7.53. The Morgan fingerprint density at radius 3 is 2.62 bits per heavy atom. The number of rotatable bonds is 2. The molecule has 1 aromatic carbocycles. The first kappa shape index (κ1) is 9.65. The summed E-state index contributed by atoms with van der Waals surface area (Å²) in [7, 11) is 1.67. The van der Waals surface area contributed by atoms with Gasteiger partial charge in [-0.1, -0.05) is 24.3 Å². The predicted molar refractivity (Wildman–Crippen MR) is 55.6 cm³/mol. The largest absolute Gasteiger partial charge is 0.193 e. The second-order valence-corrected chi connectivity index (χ2v) is 2.94. The van der Waals surface area contributed by atoms with Crippen molar-refractivity contribution >= 4 is 5.57 Å². The summed E-state index contributed by atoms with van der Waals surface area (Å²) >= 11 is 0. The van der Waals surface area contributed by atoms with Crippen LogP contribution >= 0.6 is 0 Å². The molecule has 2 nitrogen and oxygen atoms in total. The molecule has 0 radical (unpaired) electrons. The van der Waals surface area contributed by atoms with Gasteiger partial charge in [0.25, 0.3) is 0 Å². The molecule has 0 unspecified atom stereocenters. The minimum absolute atomic E-state index is 1.14. The zero-order valence-corrected chi connectivity index (χ0v) is 8.28. The molecule has 0 saturated carbocycles. The van der Waals surface area contributed by atoms with Crippen molar-refractivity contribution in [1.29, 1.82) is 0 Å². The molecular weight excluding hydrogens is 160 g/mol. The molecule has 0 fully saturated rings. The van der Waals surface area contributed by atoms with Crippen molar-refractivity contribution in [3.8, 4) is 0 Å². The summed E-state index contributed by atoms with van der Waals surface area (Å²) in [6.07, 6.45) is 1.78. The fourth-order valence-electron chi connectivity index (χ4n) is 1.23. The van der Waals surface area contributed by atoms with E-state index in [1.165, 1.54) is 11.1 Å². The van der Waals surface area contributed by atoms with Crippen LogP contribution in [0, 0.1) is 6.92 Å². The van der Waals surface area contributed by atoms with E-state index < -0.39 is 0 Å². The summed E-state index contributed by atoms with van der Waals surface area (Å²) in [4.78, 5) is 0. The van der Waals surface area contributed by atoms with E-state index in [0.717, 1.165) is 5.57 Å². The Balaban J connectivity index is 3.01. The number of hydrogen-bond donors (Lipinski definition) is 0. The predicted octanol–water partition coefficient (Wildman–Crippen LogP) is 3.44. The topological polar surface area (TPSA) is 24.7 Å². The van der Waals surface area contributed by atoms with Gasteiger partial charge in [-0.25, -0.2) is 0 Å². The molecule has 2 heteroatoms. The number of azo groups is 1. The van der Waals surface area contributed by atoms with Crippen LogP contribution in [0.1, 0.15) is 18.1 Å². The van der Waals surface area contributed by atoms with Gasteiger partial charge in [-0.05, 0) is 30.5 Å². The van der Waals surface area contributed by atoms with Gasteiger partial charge in [0.15, 0.2) is 0 Å². The van der Waals surface area contributed by atoms with Gasteiger partial charge >= 0.3 is 0 Å². The van der Waals surface area contributed by atoms with Crippen molar-refractivity contribution in [2.24, 2.45) is 10.2 Å². The van der Waals surface area contributed by atoms with E-state index in [2.05, 4.69) is 29.3 Å². The third-order valence-corrected chi connectivity index (χ3v) is 1.94. The van der Waals surface area contributed by atoms with E-state index in [1.54, 1.807) is 13.2 Å². The molecule has 0 aromatic heterocycles. The van der Waals surface area contributed by atoms with Crippen molar-refractivity contribution in [3.05, 3.63) is 41.6 Å². The van der Waals surface area contributed by atoms with Crippen LogP contribution in [0.25, 0.3) is 5.57 Å². The number of nitrogens with zero attached hydrogens (tertiary/aromatic N) is 2. The first-order valence-corrected chi connectivity index (χ1v) is 4.27. The fourth-order valence-corrected chi connectivity index (χ4v) is 1.23. The summed E-state index contributed by atoms with van der Waals surface area (Å²) in [5.74, 6) is 0. The highest BCUT2D eigenvalue weighted by molar-refractivity contribution is 5.65. The number of benzene rings is 1. The zero-order chi connectivity index (χ0) is 9.68. The van der Waals surface area contributed by atoms with Crippen LogP contribution in [0.15, 0.2) is 40.7 Å². The molecule has 0 spiro atoms. The Bertz CT molecular complexity index is 338. The summed E-state index contributed by atoms with van der Waals surface area (Å²) < 4.78 is 0. The first-order chi connectivity index (χ1) is 6.25. The van der Waals surface area contributed by atoms with Crippen LogP contribution in [0.3, 0.4) is 0 Å². The van der Waals surface area contributed by atoms with Crippen molar-refractivity contribution in [2.45, 2.75) is 13.8 Å². The van der Waals surface area contributed by atoms with Crippen LogP contribution in [0.5, 0.6) is 0 Å². The molecule has 1 aromatic rings. The van der Waals surface area contributed by atoms with Gasteiger partial charge in [0.1, 0.15) is 0 Å². The van der Waals surface area contributed by atoms with Crippen molar-refractivity contribution in [1.82, 2.24) is 0 Å². The highest BCUT2D eigenvalue weighted by Crippen LogP contribution is 2.17. The SMILES string of the molecule is C/N=N\C=C(/C)c1ccccc1C. The van der Waals surface area contributed by atoms with Gasteiger partial charge in [0.05, 0.1) is 6.20 Å². The Morgan fingerprint density at radius 1 is 1.31 bits per heavy atom. The molecule has 0 bridgehead atoms. The second-order valence-electron chi connectivity index (χ2n) is 2.94. The lowest BCUT2D eigenvalue weighted by Gasteiger charge is -2.03. The Hall–Kier alpha value is -1.44. The van der Waals surface area contributed by atoms with Gasteiger partial charge in [-0.2, -0.15) is 10.2 Å². The summed E-state index contributed by atoms with van der Waals surface area (Å²) in [6, 6.07) is 8.25. The molecular formula is C11H14N2. The monoisotopic (exact) mass is 174 g/mol. The number of aryl methyl sites for hydroxylation is 1. The molecule has 0 saturated heterocycles. The van der Waals surface area contributed by atoms with Crippen molar-refractivity contribution in [3.63, 3.8) is 0 Å². The van der Waals surface area contributed by atoms with Gasteiger partial charge in [0.2, 0.25) is 0 Å². The lowest BCUT2D eigenvalue weighted by Crippen LogP contribution is -1.83. The van der Waals surface area contributed by atoms with E-state index in [-0.39, 0.29) is 0 Å². The lowest BCUT2D eigenvalue weighted by atomic mass is 10.0. The van der Waals surface area contributed by atoms with Crippen LogP contribution in [-0.2, 0) is 0 Å². The van der Waals surface area contributed by atoms with Gasteiger partial charge in [0, 0.05) is 7.05 Å². The molecule has 1 rings (SSSR count). The zero-order valence-electron chi connectivity index (χ0n) is 8.28. The van der Waals surface area contributed by atoms with E-state index in [0.29, 0.717) is 0 Å². The third kappa shape index (κ3) is 2.51. The molecule has 0 aliphatic carbocycles. The maximum absolute atomic E-state index is 3.85. The summed E-state index contributed by atoms with van der Waals surface area (Å²) in [5.41, 5.74) is 3.64. The van der Waals surface area contributed by atoms with Gasteiger partial charge < -0.3 is 0 Å². The third-order valence-electron chi connectivity index (χ3n) is 1.94. The minimum atomic E-state index is 1.14. The standard InChI is InChI=1S/C11H14N2/c1-9-6-4-5-7-11(9)10(2)8-13-12-3/h4-8H,1-3H3/b10-8+,13-12-. The van der Waals surface area contributed by atoms with E-state index in [1.807, 2.05) is 19.1 Å². The Morgan fingerprint density at radius 2 is 2.00 bits per heavy atom. The van der Waals surface area contributed by atoms with Crippen molar-refractivity contribution in [2.75, 3.05) is 7.05 Å². The Kier molecular flexibility index (Phi) is 3.38. The smallest absolute Gasteiger partial charge is 0.0526 e. The van der Waals surface area contributed by atoms with E-state index in [9.17, 15) is 0 Å². The molecule has 0 aliphatic rings. The normalized spacial score (nSPS) is 12.4. The summed E-state index contributed by atoms with van der Waals surface area (Å²) in [6.45, 7) is 4.13. The molecule has 0 N–H and O–H groups in total. The average Bonchev–Trinajstić information content (AvgIpc) is 2.15. The van der Waals surface area contributed by atoms with Gasteiger partial charge in [-0.3, -0.25) is 0 Å². The van der Waals surface area contributed by atoms with Crippen LogP contribution in [-0.4, -0.2) is 7.05 Å². The molecule has 0 amide bonds. The second kappa shape index (κ2) is 4.55. The van der Waals surface area contributed by atoms with Crippen molar-refractivity contribution < 1.29 is 0 Å². The molecule has 0 heterocycles. The first-order valence-electron chi connectivity index (χ1n) is 4.27. The van der Waals surface area contributed by atoms with E-state index >= 15 is 0 Å². The van der Waals surface area contributed by atoms with Gasteiger partial charge in [-0.15, -0.1) is 0 Å². The Labute approximate surface area is 79.0 Å². The maximum atomic E-state index is 3.85. The fraction of sp³-hybridized carbons (Fsp3) is 0.273. The highest BCUT2D eigenvalue weighted by atomic mass is 15.1. The molecule has 0 aliphatic heterocycles. The molecule has 68 valence electrons. The van der Waals surface area contributed by atoms with Crippen LogP contribution in [0.2, 0.25) is 0 Å². The lowest BCUT2D eigenvalue weighted by molar-refractivity contribution is 1.16. The average molecular weight is 174 g/mol. The molecule has 0 atom stereocenters. The highest BCUT2D eigenvalue weighted by Gasteiger charge is 1.97. The number of allylic oxidation sites excluding steroid dienone is 1. The minimum Gasteiger partial charge on any atom is -0.193 e.